The highest BCUT2D eigenvalue weighted by molar-refractivity contribution is 5.42. The number of anilines is 1. The monoisotopic (exact) mass is 406 g/mol. The summed E-state index contributed by atoms with van der Waals surface area (Å²) in [6.07, 6.45) is 7.67. The molecule has 1 fully saturated rings. The van der Waals surface area contributed by atoms with E-state index >= 15 is 0 Å². The Hall–Kier alpha value is -2.93. The maximum absolute atomic E-state index is 12.8. The van der Waals surface area contributed by atoms with E-state index in [1.54, 1.807) is 10.7 Å². The number of hydrogen-bond donors (Lipinski definition) is 0. The fraction of sp³-hybridized carbons (Fsp3) is 0.435. The lowest BCUT2D eigenvalue weighted by molar-refractivity contribution is 0.156. The van der Waals surface area contributed by atoms with Crippen molar-refractivity contribution < 1.29 is 0 Å². The molecule has 2 aromatic heterocycles. The third-order valence-electron chi connectivity index (χ3n) is 5.94. The van der Waals surface area contributed by atoms with Gasteiger partial charge < -0.3 is 9.47 Å². The van der Waals surface area contributed by atoms with Gasteiger partial charge in [0.15, 0.2) is 0 Å². The number of likely N-dealkylation sites (tertiary alicyclic amines) is 1. The highest BCUT2D eigenvalue weighted by atomic mass is 16.1. The summed E-state index contributed by atoms with van der Waals surface area (Å²) in [4.78, 5) is 21.8. The van der Waals surface area contributed by atoms with E-state index in [9.17, 15) is 4.79 Å². The molecule has 1 aromatic carbocycles. The second kappa shape index (κ2) is 8.83. The van der Waals surface area contributed by atoms with E-state index in [1.165, 1.54) is 0 Å². The lowest BCUT2D eigenvalue weighted by atomic mass is 10.1. The average Bonchev–Trinajstić information content (AvgIpc) is 3.22. The Morgan fingerprint density at radius 1 is 1.23 bits per heavy atom. The minimum atomic E-state index is -0.0300. The number of nitrogens with zero attached hydrogens (tertiary/aromatic N) is 6. The van der Waals surface area contributed by atoms with Crippen LogP contribution >= 0.6 is 0 Å². The van der Waals surface area contributed by atoms with Gasteiger partial charge in [-0.2, -0.15) is 5.10 Å². The number of rotatable bonds is 6. The molecule has 0 bridgehead atoms. The van der Waals surface area contributed by atoms with Crippen LogP contribution in [0.2, 0.25) is 0 Å². The molecule has 1 aliphatic rings. The Kier molecular flexibility index (Phi) is 5.99. The molecule has 0 aliphatic carbocycles. The first kappa shape index (κ1) is 20.3. The van der Waals surface area contributed by atoms with Crippen molar-refractivity contribution in [1.82, 2.24) is 24.2 Å². The summed E-state index contributed by atoms with van der Waals surface area (Å²) in [6, 6.07) is 12.4. The molecule has 3 heterocycles. The van der Waals surface area contributed by atoms with Crippen LogP contribution in [0, 0.1) is 0 Å². The fourth-order valence-electron chi connectivity index (χ4n) is 4.02. The van der Waals surface area contributed by atoms with E-state index < -0.39 is 0 Å². The van der Waals surface area contributed by atoms with Crippen LogP contribution < -0.4 is 10.5 Å². The molecular formula is C23H30N6O. The van der Waals surface area contributed by atoms with Gasteiger partial charge in [0.05, 0.1) is 24.5 Å². The number of piperidine rings is 1. The van der Waals surface area contributed by atoms with Crippen LogP contribution in [-0.4, -0.2) is 50.4 Å². The standard InChI is InChI=1S/C23H30N6O/c1-18(2)26(3)21-14-23(30)29(25-15-21)20-10-7-12-27(16-20)17-22-24-11-13-28(22)19-8-5-4-6-9-19/h4-6,8-9,11,13-15,18,20H,7,10,12,16-17H2,1-3H3/t20-/m1/s1. The number of aromatic nitrogens is 4. The molecule has 4 rings (SSSR count). The summed E-state index contributed by atoms with van der Waals surface area (Å²) < 4.78 is 3.79. The first-order chi connectivity index (χ1) is 14.5. The Morgan fingerprint density at radius 3 is 2.77 bits per heavy atom. The molecule has 0 unspecified atom stereocenters. The molecule has 0 N–H and O–H groups in total. The van der Waals surface area contributed by atoms with Gasteiger partial charge in [0, 0.05) is 43.8 Å². The van der Waals surface area contributed by atoms with Crippen LogP contribution in [-0.2, 0) is 6.54 Å². The zero-order chi connectivity index (χ0) is 21.1. The van der Waals surface area contributed by atoms with Gasteiger partial charge in [-0.25, -0.2) is 9.67 Å². The number of para-hydroxylation sites is 1. The molecule has 1 atom stereocenters. The maximum Gasteiger partial charge on any atom is 0.269 e. The van der Waals surface area contributed by atoms with Crippen LogP contribution in [0.5, 0.6) is 0 Å². The molecule has 1 saturated heterocycles. The predicted molar refractivity (Wildman–Crippen MR) is 119 cm³/mol. The van der Waals surface area contributed by atoms with Crippen LogP contribution in [0.3, 0.4) is 0 Å². The first-order valence-electron chi connectivity index (χ1n) is 10.6. The predicted octanol–water partition coefficient (Wildman–Crippen LogP) is 3.11. The average molecular weight is 407 g/mol. The number of benzene rings is 1. The lowest BCUT2D eigenvalue weighted by Crippen LogP contribution is -2.41. The van der Waals surface area contributed by atoms with E-state index in [0.717, 1.165) is 49.7 Å². The summed E-state index contributed by atoms with van der Waals surface area (Å²) in [5.41, 5.74) is 1.95. The van der Waals surface area contributed by atoms with Gasteiger partial charge in [-0.3, -0.25) is 9.69 Å². The van der Waals surface area contributed by atoms with Crippen molar-refractivity contribution in [3.8, 4) is 5.69 Å². The minimum Gasteiger partial charge on any atom is -0.371 e. The van der Waals surface area contributed by atoms with Gasteiger partial charge in [-0.05, 0) is 45.4 Å². The van der Waals surface area contributed by atoms with Gasteiger partial charge in [-0.1, -0.05) is 18.2 Å². The second-order valence-corrected chi connectivity index (χ2v) is 8.28. The molecule has 1 aliphatic heterocycles. The van der Waals surface area contributed by atoms with Gasteiger partial charge >= 0.3 is 0 Å². The molecular weight excluding hydrogens is 376 g/mol. The van der Waals surface area contributed by atoms with Crippen molar-refractivity contribution >= 4 is 5.69 Å². The molecule has 3 aromatic rings. The molecule has 0 radical (unpaired) electrons. The molecule has 0 spiro atoms. The highest BCUT2D eigenvalue weighted by Gasteiger charge is 2.24. The van der Waals surface area contributed by atoms with E-state index in [0.29, 0.717) is 6.04 Å². The Bertz CT molecular complexity index is 1030. The second-order valence-electron chi connectivity index (χ2n) is 8.28. The summed E-state index contributed by atoms with van der Waals surface area (Å²) >= 11 is 0. The van der Waals surface area contributed by atoms with Crippen molar-refractivity contribution in [2.24, 2.45) is 0 Å². The normalized spacial score (nSPS) is 17.4. The van der Waals surface area contributed by atoms with E-state index in [2.05, 4.69) is 50.4 Å². The fourth-order valence-corrected chi connectivity index (χ4v) is 4.02. The summed E-state index contributed by atoms with van der Waals surface area (Å²) in [5, 5.41) is 4.52. The van der Waals surface area contributed by atoms with Gasteiger partial charge in [0.1, 0.15) is 5.82 Å². The van der Waals surface area contributed by atoms with Crippen LogP contribution in [0.4, 0.5) is 5.69 Å². The van der Waals surface area contributed by atoms with E-state index in [1.807, 2.05) is 43.8 Å². The Morgan fingerprint density at radius 2 is 2.03 bits per heavy atom. The smallest absolute Gasteiger partial charge is 0.269 e. The van der Waals surface area contributed by atoms with Crippen molar-refractivity contribution in [2.75, 3.05) is 25.0 Å². The largest absolute Gasteiger partial charge is 0.371 e. The summed E-state index contributed by atoms with van der Waals surface area (Å²) in [7, 11) is 1.99. The number of imidazole rings is 1. The van der Waals surface area contributed by atoms with E-state index in [-0.39, 0.29) is 11.6 Å². The summed E-state index contributed by atoms with van der Waals surface area (Å²) in [6.45, 7) is 6.75. The molecule has 0 amide bonds. The third kappa shape index (κ3) is 4.31. The molecule has 7 heteroatoms. The zero-order valence-corrected chi connectivity index (χ0v) is 18.0. The first-order valence-corrected chi connectivity index (χ1v) is 10.6. The minimum absolute atomic E-state index is 0.0300. The van der Waals surface area contributed by atoms with Gasteiger partial charge in [0.2, 0.25) is 0 Å². The van der Waals surface area contributed by atoms with Crippen molar-refractivity contribution in [3.63, 3.8) is 0 Å². The van der Waals surface area contributed by atoms with Gasteiger partial charge in [0.25, 0.3) is 5.56 Å². The van der Waals surface area contributed by atoms with Crippen molar-refractivity contribution in [2.45, 2.75) is 45.3 Å². The van der Waals surface area contributed by atoms with Crippen LogP contribution in [0.25, 0.3) is 5.69 Å². The summed E-state index contributed by atoms with van der Waals surface area (Å²) in [5.74, 6) is 1.01. The number of hydrogen-bond acceptors (Lipinski definition) is 5. The molecule has 7 nitrogen and oxygen atoms in total. The van der Waals surface area contributed by atoms with Crippen LogP contribution in [0.15, 0.2) is 59.8 Å². The Balaban J connectivity index is 1.49. The quantitative estimate of drug-likeness (QED) is 0.630. The van der Waals surface area contributed by atoms with Crippen molar-refractivity contribution in [1.29, 1.82) is 0 Å². The third-order valence-corrected chi connectivity index (χ3v) is 5.94. The SMILES string of the molecule is CC(C)N(C)c1cnn([C@@H]2CCCN(Cc3nccn3-c3ccccc3)C2)c(=O)c1. The molecule has 158 valence electrons. The molecule has 30 heavy (non-hydrogen) atoms. The molecule has 0 saturated carbocycles. The lowest BCUT2D eigenvalue weighted by Gasteiger charge is -2.33. The van der Waals surface area contributed by atoms with Gasteiger partial charge in [-0.15, -0.1) is 0 Å². The highest BCUT2D eigenvalue weighted by Crippen LogP contribution is 2.22. The van der Waals surface area contributed by atoms with Crippen LogP contribution in [0.1, 0.15) is 38.6 Å². The maximum atomic E-state index is 12.8. The Labute approximate surface area is 177 Å². The topological polar surface area (TPSA) is 59.2 Å². The van der Waals surface area contributed by atoms with E-state index in [4.69, 9.17) is 0 Å². The zero-order valence-electron chi connectivity index (χ0n) is 18.0. The van der Waals surface area contributed by atoms with Crippen molar-refractivity contribution in [3.05, 3.63) is 71.2 Å².